The Labute approximate surface area is 158 Å². The lowest BCUT2D eigenvalue weighted by Gasteiger charge is -2.30. The Bertz CT molecular complexity index is 934. The summed E-state index contributed by atoms with van der Waals surface area (Å²) in [7, 11) is -3.76. The van der Waals surface area contributed by atoms with E-state index in [9.17, 15) is 17.6 Å². The highest BCUT2D eigenvalue weighted by atomic mass is 32.2. The van der Waals surface area contributed by atoms with Gasteiger partial charge in [-0.3, -0.25) is 9.48 Å². The third-order valence-corrected chi connectivity index (χ3v) is 6.73. The Balaban J connectivity index is 1.62. The highest BCUT2D eigenvalue weighted by Gasteiger charge is 2.32. The second-order valence-corrected chi connectivity index (χ2v) is 8.60. The number of hydrogen-bond donors (Lipinski definition) is 1. The van der Waals surface area contributed by atoms with Crippen molar-refractivity contribution >= 4 is 21.6 Å². The van der Waals surface area contributed by atoms with E-state index in [0.29, 0.717) is 30.6 Å². The van der Waals surface area contributed by atoms with Gasteiger partial charge in [0.2, 0.25) is 15.9 Å². The molecule has 3 rings (SSSR count). The summed E-state index contributed by atoms with van der Waals surface area (Å²) < 4.78 is 42.2. The van der Waals surface area contributed by atoms with Crippen LogP contribution < -0.4 is 5.32 Å². The summed E-state index contributed by atoms with van der Waals surface area (Å²) in [5, 5.41) is 6.93. The fourth-order valence-electron chi connectivity index (χ4n) is 3.09. The number of nitrogens with zero attached hydrogens (tertiary/aromatic N) is 3. The van der Waals surface area contributed by atoms with Crippen molar-refractivity contribution in [3.8, 4) is 0 Å². The zero-order chi connectivity index (χ0) is 19.6. The molecule has 0 aliphatic carbocycles. The maximum Gasteiger partial charge on any atom is 0.243 e. The van der Waals surface area contributed by atoms with Crippen LogP contribution in [0.25, 0.3) is 0 Å². The number of piperidine rings is 1. The Morgan fingerprint density at radius 3 is 2.63 bits per heavy atom. The van der Waals surface area contributed by atoms with Crippen molar-refractivity contribution in [2.24, 2.45) is 5.92 Å². The first-order valence-electron chi connectivity index (χ1n) is 8.91. The molecule has 146 valence electrons. The Morgan fingerprint density at radius 2 is 2.04 bits per heavy atom. The standard InChI is InChI=1S/C18H23FN4O3S/c1-3-22-12-15(11-20-22)21-18(24)14-6-8-23(9-7-14)27(25,26)16-5-4-13(2)17(19)10-16/h4-5,10-12,14H,3,6-9H2,1-2H3,(H,21,24). The number of aryl methyl sites for hydroxylation is 2. The van der Waals surface area contributed by atoms with Crippen molar-refractivity contribution < 1.29 is 17.6 Å². The molecule has 0 saturated carbocycles. The van der Waals surface area contributed by atoms with Gasteiger partial charge in [0.1, 0.15) is 5.82 Å². The van der Waals surface area contributed by atoms with E-state index in [-0.39, 0.29) is 29.8 Å². The van der Waals surface area contributed by atoms with Crippen LogP contribution in [0.2, 0.25) is 0 Å². The molecule has 2 heterocycles. The predicted octanol–water partition coefficient (Wildman–Crippen LogP) is 2.39. The molecule has 0 atom stereocenters. The van der Waals surface area contributed by atoms with Gasteiger partial charge < -0.3 is 5.32 Å². The summed E-state index contributed by atoms with van der Waals surface area (Å²) in [6.07, 6.45) is 4.18. The molecule has 1 fully saturated rings. The van der Waals surface area contributed by atoms with Gasteiger partial charge in [0.05, 0.1) is 16.8 Å². The van der Waals surface area contributed by atoms with Crippen molar-refractivity contribution in [3.63, 3.8) is 0 Å². The number of hydrogen-bond acceptors (Lipinski definition) is 4. The molecule has 1 N–H and O–H groups in total. The summed E-state index contributed by atoms with van der Waals surface area (Å²) in [6.45, 7) is 4.70. The maximum absolute atomic E-state index is 13.7. The minimum absolute atomic E-state index is 0.0551. The number of sulfonamides is 1. The molecule has 0 radical (unpaired) electrons. The Hall–Kier alpha value is -2.26. The van der Waals surface area contributed by atoms with Crippen LogP contribution in [0, 0.1) is 18.7 Å². The van der Waals surface area contributed by atoms with Gasteiger partial charge in [0.15, 0.2) is 0 Å². The third kappa shape index (κ3) is 4.19. The van der Waals surface area contributed by atoms with Gasteiger partial charge in [0.25, 0.3) is 0 Å². The molecular formula is C18H23FN4O3S. The largest absolute Gasteiger partial charge is 0.323 e. The van der Waals surface area contributed by atoms with Gasteiger partial charge in [-0.2, -0.15) is 9.40 Å². The topological polar surface area (TPSA) is 84.3 Å². The molecular weight excluding hydrogens is 371 g/mol. The first kappa shape index (κ1) is 19.5. The van der Waals surface area contributed by atoms with E-state index in [2.05, 4.69) is 10.4 Å². The van der Waals surface area contributed by atoms with Crippen LogP contribution in [0.5, 0.6) is 0 Å². The van der Waals surface area contributed by atoms with Gasteiger partial charge >= 0.3 is 0 Å². The van der Waals surface area contributed by atoms with E-state index in [1.54, 1.807) is 24.0 Å². The van der Waals surface area contributed by atoms with Crippen LogP contribution in [-0.4, -0.2) is 41.5 Å². The Morgan fingerprint density at radius 1 is 1.33 bits per heavy atom. The number of amides is 1. The molecule has 1 aliphatic rings. The van der Waals surface area contributed by atoms with E-state index >= 15 is 0 Å². The lowest BCUT2D eigenvalue weighted by Crippen LogP contribution is -2.41. The molecule has 7 nitrogen and oxygen atoms in total. The van der Waals surface area contributed by atoms with Gasteiger partial charge in [-0.05, 0) is 44.4 Å². The molecule has 0 bridgehead atoms. The van der Waals surface area contributed by atoms with Crippen LogP contribution in [0.15, 0.2) is 35.5 Å². The average Bonchev–Trinajstić information content (AvgIpc) is 3.11. The quantitative estimate of drug-likeness (QED) is 0.844. The number of anilines is 1. The van der Waals surface area contributed by atoms with Gasteiger partial charge in [0, 0.05) is 31.7 Å². The molecule has 1 saturated heterocycles. The molecule has 1 aromatic heterocycles. The average molecular weight is 394 g/mol. The zero-order valence-electron chi connectivity index (χ0n) is 15.4. The summed E-state index contributed by atoms with van der Waals surface area (Å²) in [6, 6.07) is 3.92. The lowest BCUT2D eigenvalue weighted by atomic mass is 9.97. The monoisotopic (exact) mass is 394 g/mol. The SMILES string of the molecule is CCn1cc(NC(=O)C2CCN(S(=O)(=O)c3ccc(C)c(F)c3)CC2)cn1. The number of aromatic nitrogens is 2. The number of carbonyl (C=O) groups excluding carboxylic acids is 1. The van der Waals surface area contributed by atoms with E-state index in [0.717, 1.165) is 6.07 Å². The van der Waals surface area contributed by atoms with E-state index in [1.807, 2.05) is 6.92 Å². The molecule has 9 heteroatoms. The number of benzene rings is 1. The molecule has 1 aromatic carbocycles. The van der Waals surface area contributed by atoms with Crippen LogP contribution >= 0.6 is 0 Å². The fraction of sp³-hybridized carbons (Fsp3) is 0.444. The molecule has 1 amide bonds. The van der Waals surface area contributed by atoms with Crippen LogP contribution in [-0.2, 0) is 21.4 Å². The van der Waals surface area contributed by atoms with Crippen molar-refractivity contribution in [1.29, 1.82) is 0 Å². The normalized spacial score (nSPS) is 16.4. The van der Waals surface area contributed by atoms with Crippen LogP contribution in [0.1, 0.15) is 25.3 Å². The van der Waals surface area contributed by atoms with Crippen molar-refractivity contribution in [2.75, 3.05) is 18.4 Å². The minimum atomic E-state index is -3.76. The Kier molecular flexibility index (Phi) is 5.61. The molecule has 1 aliphatic heterocycles. The summed E-state index contributed by atoms with van der Waals surface area (Å²) in [5.74, 6) is -0.946. The van der Waals surface area contributed by atoms with Crippen LogP contribution in [0.3, 0.4) is 0 Å². The van der Waals surface area contributed by atoms with E-state index in [1.165, 1.54) is 16.4 Å². The molecule has 0 unspecified atom stereocenters. The summed E-state index contributed by atoms with van der Waals surface area (Å²) >= 11 is 0. The highest BCUT2D eigenvalue weighted by Crippen LogP contribution is 2.25. The minimum Gasteiger partial charge on any atom is -0.323 e. The lowest BCUT2D eigenvalue weighted by molar-refractivity contribution is -0.120. The number of halogens is 1. The number of carbonyl (C=O) groups is 1. The van der Waals surface area contributed by atoms with Gasteiger partial charge in [-0.1, -0.05) is 6.07 Å². The van der Waals surface area contributed by atoms with Crippen molar-refractivity contribution in [3.05, 3.63) is 42.0 Å². The van der Waals surface area contributed by atoms with E-state index in [4.69, 9.17) is 0 Å². The van der Waals surface area contributed by atoms with Gasteiger partial charge in [-0.25, -0.2) is 12.8 Å². The third-order valence-electron chi connectivity index (χ3n) is 4.83. The number of rotatable bonds is 5. The second kappa shape index (κ2) is 7.77. The van der Waals surface area contributed by atoms with Crippen LogP contribution in [0.4, 0.5) is 10.1 Å². The first-order valence-corrected chi connectivity index (χ1v) is 10.3. The maximum atomic E-state index is 13.7. The van der Waals surface area contributed by atoms with Crippen molar-refractivity contribution in [1.82, 2.24) is 14.1 Å². The fourth-order valence-corrected chi connectivity index (χ4v) is 4.57. The van der Waals surface area contributed by atoms with Crippen molar-refractivity contribution in [2.45, 2.75) is 38.1 Å². The van der Waals surface area contributed by atoms with E-state index < -0.39 is 15.8 Å². The highest BCUT2D eigenvalue weighted by molar-refractivity contribution is 7.89. The summed E-state index contributed by atoms with van der Waals surface area (Å²) in [5.41, 5.74) is 1.03. The van der Waals surface area contributed by atoms with Gasteiger partial charge in [-0.15, -0.1) is 0 Å². The second-order valence-electron chi connectivity index (χ2n) is 6.66. The molecule has 0 spiro atoms. The number of nitrogens with one attached hydrogen (secondary N) is 1. The smallest absolute Gasteiger partial charge is 0.243 e. The first-order chi connectivity index (χ1) is 12.8. The zero-order valence-corrected chi connectivity index (χ0v) is 16.2. The summed E-state index contributed by atoms with van der Waals surface area (Å²) in [4.78, 5) is 12.4. The molecule has 27 heavy (non-hydrogen) atoms. The predicted molar refractivity (Wildman–Crippen MR) is 99.2 cm³/mol. The molecule has 2 aromatic rings.